The van der Waals surface area contributed by atoms with Crippen molar-refractivity contribution in [1.29, 1.82) is 0 Å². The Morgan fingerprint density at radius 3 is 1.22 bits per heavy atom. The van der Waals surface area contributed by atoms with Crippen molar-refractivity contribution in [3.63, 3.8) is 0 Å². The van der Waals surface area contributed by atoms with Crippen molar-refractivity contribution in [3.05, 3.63) is 29.8 Å². The quantitative estimate of drug-likeness (QED) is 0.127. The molecule has 0 unspecified atom stereocenters. The fourth-order valence-corrected chi connectivity index (χ4v) is 4.95. The zero-order chi connectivity index (χ0) is 26.8. The van der Waals surface area contributed by atoms with E-state index < -0.39 is 5.91 Å². The summed E-state index contributed by atoms with van der Waals surface area (Å²) in [6.07, 6.45) is 31.5. The van der Waals surface area contributed by atoms with Crippen LogP contribution in [0.4, 0.5) is 0 Å². The normalized spacial score (nSPS) is 11.1. The van der Waals surface area contributed by atoms with Crippen molar-refractivity contribution in [1.82, 2.24) is 5.32 Å². The summed E-state index contributed by atoms with van der Waals surface area (Å²) in [5.74, 6) is -0.520. The molecule has 37 heavy (non-hydrogen) atoms. The van der Waals surface area contributed by atoms with Gasteiger partial charge in [-0.1, -0.05) is 148 Å². The number of unbranched alkanes of at least 4 members (excludes halogenated alkanes) is 22. The Labute approximate surface area is 228 Å². The number of hydrogen-bond donors (Lipinski definition) is 2. The lowest BCUT2D eigenvalue weighted by molar-refractivity contribution is -0.120. The first-order valence-electron chi connectivity index (χ1n) is 15.8. The van der Waals surface area contributed by atoms with Crippen LogP contribution in [0, 0.1) is 0 Å². The Bertz CT molecular complexity index is 671. The minimum Gasteiger partial charge on any atom is -0.508 e. The van der Waals surface area contributed by atoms with Crippen LogP contribution in [0.1, 0.15) is 171 Å². The lowest BCUT2D eigenvalue weighted by atomic mass is 10.0. The van der Waals surface area contributed by atoms with Gasteiger partial charge < -0.3 is 5.11 Å². The summed E-state index contributed by atoms with van der Waals surface area (Å²) < 4.78 is 0. The monoisotopic (exact) mass is 515 g/mol. The summed E-state index contributed by atoms with van der Waals surface area (Å²) in [6.45, 7) is 2.29. The zero-order valence-electron chi connectivity index (χ0n) is 24.0. The summed E-state index contributed by atoms with van der Waals surface area (Å²) in [4.78, 5) is 23.9. The van der Waals surface area contributed by atoms with E-state index in [-0.39, 0.29) is 11.7 Å². The van der Waals surface area contributed by atoms with Crippen molar-refractivity contribution in [2.24, 2.45) is 0 Å². The van der Waals surface area contributed by atoms with Crippen LogP contribution >= 0.6 is 0 Å². The lowest BCUT2D eigenvalue weighted by Crippen LogP contribution is -2.30. The van der Waals surface area contributed by atoms with Gasteiger partial charge in [0.25, 0.3) is 5.91 Å². The Kier molecular flexibility index (Phi) is 22.0. The average molecular weight is 516 g/mol. The zero-order valence-corrected chi connectivity index (χ0v) is 24.0. The molecule has 0 aromatic heterocycles. The van der Waals surface area contributed by atoms with Crippen molar-refractivity contribution in [2.75, 3.05) is 0 Å². The van der Waals surface area contributed by atoms with Gasteiger partial charge in [-0.2, -0.15) is 0 Å². The highest BCUT2D eigenvalue weighted by Gasteiger charge is 2.09. The maximum atomic E-state index is 12.0. The predicted octanol–water partition coefficient (Wildman–Crippen LogP) is 10.0. The molecule has 212 valence electrons. The van der Waals surface area contributed by atoms with Crippen LogP contribution in [0.25, 0.3) is 0 Å². The van der Waals surface area contributed by atoms with Crippen molar-refractivity contribution in [3.8, 4) is 5.75 Å². The topological polar surface area (TPSA) is 66.4 Å². The fraction of sp³-hybridized carbons (Fsp3) is 0.758. The first kappa shape index (κ1) is 33.2. The second kappa shape index (κ2) is 24.5. The molecule has 0 saturated carbocycles. The van der Waals surface area contributed by atoms with E-state index in [4.69, 9.17) is 0 Å². The summed E-state index contributed by atoms with van der Waals surface area (Å²) in [6, 6.07) is 5.91. The number of phenolic OH excluding ortho intramolecular Hbond substituents is 1. The molecule has 0 saturated heterocycles. The van der Waals surface area contributed by atoms with Gasteiger partial charge in [0.15, 0.2) is 0 Å². The number of hydrogen-bond acceptors (Lipinski definition) is 3. The van der Waals surface area contributed by atoms with Crippen molar-refractivity contribution >= 4 is 11.8 Å². The lowest BCUT2D eigenvalue weighted by Gasteiger charge is -2.05. The number of phenols is 1. The Balaban J connectivity index is 1.75. The van der Waals surface area contributed by atoms with E-state index in [2.05, 4.69) is 12.2 Å². The molecule has 0 spiro atoms. The number of amides is 2. The molecule has 0 atom stereocenters. The van der Waals surface area contributed by atoms with Crippen LogP contribution in [0.2, 0.25) is 0 Å². The van der Waals surface area contributed by atoms with Gasteiger partial charge in [0.1, 0.15) is 5.75 Å². The maximum absolute atomic E-state index is 12.0. The average Bonchev–Trinajstić information content (AvgIpc) is 2.89. The summed E-state index contributed by atoms with van der Waals surface area (Å²) in [7, 11) is 0. The third kappa shape index (κ3) is 20.9. The number of carbonyl (C=O) groups is 2. The minimum atomic E-state index is -0.404. The van der Waals surface area contributed by atoms with Crippen LogP contribution in [0.3, 0.4) is 0 Å². The van der Waals surface area contributed by atoms with E-state index in [0.29, 0.717) is 12.0 Å². The highest BCUT2D eigenvalue weighted by molar-refractivity contribution is 6.04. The second-order valence-corrected chi connectivity index (χ2v) is 11.0. The van der Waals surface area contributed by atoms with E-state index in [1.165, 1.54) is 153 Å². The van der Waals surface area contributed by atoms with E-state index >= 15 is 0 Å². The van der Waals surface area contributed by atoms with Gasteiger partial charge in [-0.05, 0) is 30.7 Å². The smallest absolute Gasteiger partial charge is 0.257 e. The summed E-state index contributed by atoms with van der Waals surface area (Å²) in [5, 5.41) is 11.7. The summed E-state index contributed by atoms with van der Waals surface area (Å²) >= 11 is 0. The number of rotatable bonds is 25. The molecule has 2 N–H and O–H groups in total. The highest BCUT2D eigenvalue weighted by atomic mass is 16.3. The highest BCUT2D eigenvalue weighted by Crippen LogP contribution is 2.16. The fourth-order valence-electron chi connectivity index (χ4n) is 4.95. The van der Waals surface area contributed by atoms with E-state index in [0.717, 1.165) is 19.3 Å². The predicted molar refractivity (Wildman–Crippen MR) is 157 cm³/mol. The van der Waals surface area contributed by atoms with Gasteiger partial charge in [-0.15, -0.1) is 0 Å². The van der Waals surface area contributed by atoms with Crippen LogP contribution in [0.5, 0.6) is 5.75 Å². The number of carbonyl (C=O) groups excluding carboxylic acids is 2. The Morgan fingerprint density at radius 1 is 0.541 bits per heavy atom. The maximum Gasteiger partial charge on any atom is 0.257 e. The standard InChI is InChI=1S/C33H57NO3/c1-2-3-4-5-6-7-8-9-10-11-12-13-14-15-16-17-18-19-20-21-22-23-24-25-32(36)34-33(37)30-26-28-31(35)29-27-30/h26-29,35H,2-25H2,1H3,(H,34,36,37). The molecule has 4 heteroatoms. The molecular formula is C33H57NO3. The van der Waals surface area contributed by atoms with E-state index in [9.17, 15) is 14.7 Å². The molecule has 0 radical (unpaired) electrons. The number of imide groups is 1. The largest absolute Gasteiger partial charge is 0.508 e. The van der Waals surface area contributed by atoms with Crippen molar-refractivity contribution in [2.45, 2.75) is 161 Å². The van der Waals surface area contributed by atoms with Crippen LogP contribution in [0.15, 0.2) is 24.3 Å². The first-order valence-corrected chi connectivity index (χ1v) is 15.8. The van der Waals surface area contributed by atoms with Crippen LogP contribution < -0.4 is 5.32 Å². The SMILES string of the molecule is CCCCCCCCCCCCCCCCCCCCCCCCCC(=O)NC(=O)c1ccc(O)cc1. The molecule has 0 fully saturated rings. The third-order valence-corrected chi connectivity index (χ3v) is 7.39. The molecule has 0 heterocycles. The van der Waals surface area contributed by atoms with E-state index in [1.807, 2.05) is 0 Å². The molecule has 4 nitrogen and oxygen atoms in total. The van der Waals surface area contributed by atoms with Gasteiger partial charge in [0.05, 0.1) is 0 Å². The van der Waals surface area contributed by atoms with E-state index in [1.54, 1.807) is 0 Å². The molecular weight excluding hydrogens is 458 g/mol. The van der Waals surface area contributed by atoms with Gasteiger partial charge in [-0.25, -0.2) is 0 Å². The first-order chi connectivity index (χ1) is 18.1. The number of aromatic hydroxyl groups is 1. The van der Waals surface area contributed by atoms with Crippen molar-refractivity contribution < 1.29 is 14.7 Å². The summed E-state index contributed by atoms with van der Waals surface area (Å²) in [5.41, 5.74) is 0.385. The number of nitrogens with one attached hydrogen (secondary N) is 1. The molecule has 1 aromatic rings. The minimum absolute atomic E-state index is 0.105. The van der Waals surface area contributed by atoms with Crippen LogP contribution in [-0.4, -0.2) is 16.9 Å². The second-order valence-electron chi connectivity index (χ2n) is 11.0. The van der Waals surface area contributed by atoms with Gasteiger partial charge >= 0.3 is 0 Å². The van der Waals surface area contributed by atoms with Gasteiger partial charge in [-0.3, -0.25) is 14.9 Å². The van der Waals surface area contributed by atoms with Gasteiger partial charge in [0, 0.05) is 12.0 Å². The molecule has 1 aromatic carbocycles. The third-order valence-electron chi connectivity index (χ3n) is 7.39. The molecule has 0 aliphatic carbocycles. The van der Waals surface area contributed by atoms with Gasteiger partial charge in [0.2, 0.25) is 5.91 Å². The Morgan fingerprint density at radius 2 is 0.865 bits per heavy atom. The molecule has 0 bridgehead atoms. The molecule has 1 rings (SSSR count). The number of benzene rings is 1. The molecule has 0 aliphatic rings. The molecule has 2 amide bonds. The Hall–Kier alpha value is -1.84. The molecule has 0 aliphatic heterocycles. The van der Waals surface area contributed by atoms with Crippen LogP contribution in [-0.2, 0) is 4.79 Å².